The SMILES string of the molecule is CC1CN(C(=O)COC(=O)c2sccc2-c2ccccc2)CC(C)O1. The molecular weight excluding hydrogens is 338 g/mol. The molecule has 0 aliphatic carbocycles. The third kappa shape index (κ3) is 4.27. The fourth-order valence-electron chi connectivity index (χ4n) is 2.98. The molecule has 2 heterocycles. The normalized spacial score (nSPS) is 20.3. The van der Waals surface area contributed by atoms with Gasteiger partial charge in [-0.3, -0.25) is 4.79 Å². The molecule has 1 aliphatic rings. The van der Waals surface area contributed by atoms with E-state index in [0.717, 1.165) is 11.1 Å². The molecule has 1 fully saturated rings. The molecule has 5 nitrogen and oxygen atoms in total. The van der Waals surface area contributed by atoms with Gasteiger partial charge in [-0.2, -0.15) is 0 Å². The minimum atomic E-state index is -0.462. The van der Waals surface area contributed by atoms with Crippen molar-refractivity contribution < 1.29 is 19.1 Å². The topological polar surface area (TPSA) is 55.8 Å². The highest BCUT2D eigenvalue weighted by atomic mass is 32.1. The number of nitrogens with zero attached hydrogens (tertiary/aromatic N) is 1. The average molecular weight is 359 g/mol. The fraction of sp³-hybridized carbons (Fsp3) is 0.368. The van der Waals surface area contributed by atoms with Gasteiger partial charge in [0.15, 0.2) is 6.61 Å². The van der Waals surface area contributed by atoms with E-state index in [0.29, 0.717) is 18.0 Å². The highest BCUT2D eigenvalue weighted by molar-refractivity contribution is 7.12. The summed E-state index contributed by atoms with van der Waals surface area (Å²) in [5.74, 6) is -0.648. The van der Waals surface area contributed by atoms with Crippen molar-refractivity contribution in [2.45, 2.75) is 26.1 Å². The van der Waals surface area contributed by atoms with Crippen molar-refractivity contribution in [3.8, 4) is 11.1 Å². The van der Waals surface area contributed by atoms with Crippen LogP contribution >= 0.6 is 11.3 Å². The number of carbonyl (C=O) groups is 2. The molecule has 132 valence electrons. The lowest BCUT2D eigenvalue weighted by atomic mass is 10.1. The van der Waals surface area contributed by atoms with Gasteiger partial charge in [0.25, 0.3) is 5.91 Å². The van der Waals surface area contributed by atoms with Crippen molar-refractivity contribution in [3.05, 3.63) is 46.7 Å². The van der Waals surface area contributed by atoms with Crippen LogP contribution in [0.25, 0.3) is 11.1 Å². The highest BCUT2D eigenvalue weighted by Crippen LogP contribution is 2.28. The molecule has 0 saturated carbocycles. The molecule has 0 N–H and O–H groups in total. The Morgan fingerprint density at radius 3 is 2.52 bits per heavy atom. The van der Waals surface area contributed by atoms with E-state index in [1.165, 1.54) is 11.3 Å². The van der Waals surface area contributed by atoms with Crippen LogP contribution in [0, 0.1) is 0 Å². The van der Waals surface area contributed by atoms with Gasteiger partial charge in [0.05, 0.1) is 12.2 Å². The minimum absolute atomic E-state index is 0.00891. The largest absolute Gasteiger partial charge is 0.451 e. The molecule has 2 atom stereocenters. The maximum atomic E-state index is 12.4. The Morgan fingerprint density at radius 1 is 1.16 bits per heavy atom. The van der Waals surface area contributed by atoms with Crippen molar-refractivity contribution in [3.63, 3.8) is 0 Å². The zero-order valence-electron chi connectivity index (χ0n) is 14.3. The molecule has 0 bridgehead atoms. The van der Waals surface area contributed by atoms with Gasteiger partial charge in [-0.15, -0.1) is 11.3 Å². The molecule has 2 aromatic rings. The van der Waals surface area contributed by atoms with E-state index in [1.807, 2.05) is 55.6 Å². The van der Waals surface area contributed by atoms with Crippen molar-refractivity contribution in [2.75, 3.05) is 19.7 Å². The molecule has 1 saturated heterocycles. The highest BCUT2D eigenvalue weighted by Gasteiger charge is 2.27. The van der Waals surface area contributed by atoms with Crippen molar-refractivity contribution in [1.29, 1.82) is 0 Å². The second kappa shape index (κ2) is 7.80. The number of carbonyl (C=O) groups excluding carboxylic acids is 2. The fourth-order valence-corrected chi connectivity index (χ4v) is 3.79. The first-order valence-corrected chi connectivity index (χ1v) is 9.16. The maximum Gasteiger partial charge on any atom is 0.349 e. The van der Waals surface area contributed by atoms with Crippen molar-refractivity contribution in [1.82, 2.24) is 4.90 Å². The van der Waals surface area contributed by atoms with E-state index in [-0.39, 0.29) is 24.7 Å². The Balaban J connectivity index is 1.62. The summed E-state index contributed by atoms with van der Waals surface area (Å²) in [4.78, 5) is 26.9. The molecular formula is C19H21NO4S. The van der Waals surface area contributed by atoms with Gasteiger partial charge in [0.2, 0.25) is 0 Å². The number of thiophene rings is 1. The van der Waals surface area contributed by atoms with Gasteiger partial charge in [-0.1, -0.05) is 30.3 Å². The van der Waals surface area contributed by atoms with E-state index in [9.17, 15) is 9.59 Å². The third-order valence-corrected chi connectivity index (χ3v) is 4.93. The lowest BCUT2D eigenvalue weighted by Gasteiger charge is -2.35. The Hall–Kier alpha value is -2.18. The van der Waals surface area contributed by atoms with Gasteiger partial charge in [-0.05, 0) is 30.9 Å². The van der Waals surface area contributed by atoms with E-state index in [4.69, 9.17) is 9.47 Å². The molecule has 25 heavy (non-hydrogen) atoms. The molecule has 6 heteroatoms. The van der Waals surface area contributed by atoms with E-state index in [1.54, 1.807) is 4.90 Å². The molecule has 1 aromatic carbocycles. The second-order valence-corrected chi connectivity index (χ2v) is 7.08. The van der Waals surface area contributed by atoms with Gasteiger partial charge >= 0.3 is 5.97 Å². The van der Waals surface area contributed by atoms with E-state index < -0.39 is 5.97 Å². The first kappa shape index (κ1) is 17.6. The number of esters is 1. The Bertz CT molecular complexity index is 733. The van der Waals surface area contributed by atoms with Gasteiger partial charge in [-0.25, -0.2) is 4.79 Å². The molecule has 2 unspecified atom stereocenters. The van der Waals surface area contributed by atoms with Gasteiger partial charge < -0.3 is 14.4 Å². The summed E-state index contributed by atoms with van der Waals surface area (Å²) in [5.41, 5.74) is 1.79. The zero-order chi connectivity index (χ0) is 17.8. The zero-order valence-corrected chi connectivity index (χ0v) is 15.1. The van der Waals surface area contributed by atoms with Crippen LogP contribution in [0.4, 0.5) is 0 Å². The van der Waals surface area contributed by atoms with Crippen LogP contribution in [0.1, 0.15) is 23.5 Å². The van der Waals surface area contributed by atoms with E-state index >= 15 is 0 Å². The predicted octanol–water partition coefficient (Wildman–Crippen LogP) is 3.21. The quantitative estimate of drug-likeness (QED) is 0.787. The Morgan fingerprint density at radius 2 is 1.84 bits per heavy atom. The Kier molecular flexibility index (Phi) is 5.50. The van der Waals surface area contributed by atoms with Crippen LogP contribution < -0.4 is 0 Å². The predicted molar refractivity (Wildman–Crippen MR) is 96.6 cm³/mol. The van der Waals surface area contributed by atoms with Gasteiger partial charge in [0.1, 0.15) is 4.88 Å². The van der Waals surface area contributed by atoms with Gasteiger partial charge in [0, 0.05) is 18.7 Å². The van der Waals surface area contributed by atoms with Crippen LogP contribution in [0.5, 0.6) is 0 Å². The summed E-state index contributed by atoms with van der Waals surface area (Å²) in [5, 5.41) is 1.85. The smallest absolute Gasteiger partial charge is 0.349 e. The number of hydrogen-bond acceptors (Lipinski definition) is 5. The summed E-state index contributed by atoms with van der Waals surface area (Å²) in [6.45, 7) is 4.66. The third-order valence-electron chi connectivity index (χ3n) is 4.03. The number of hydrogen-bond donors (Lipinski definition) is 0. The molecule has 1 aliphatic heterocycles. The Labute approximate surface area is 151 Å². The van der Waals surface area contributed by atoms with Crippen molar-refractivity contribution >= 4 is 23.2 Å². The number of rotatable bonds is 4. The van der Waals surface area contributed by atoms with Crippen molar-refractivity contribution in [2.24, 2.45) is 0 Å². The number of amides is 1. The number of benzene rings is 1. The van der Waals surface area contributed by atoms with Crippen LogP contribution in [0.2, 0.25) is 0 Å². The van der Waals surface area contributed by atoms with Crippen LogP contribution in [-0.2, 0) is 14.3 Å². The number of morpholine rings is 1. The minimum Gasteiger partial charge on any atom is -0.451 e. The summed E-state index contributed by atoms with van der Waals surface area (Å²) < 4.78 is 10.9. The molecule has 1 amide bonds. The molecule has 0 spiro atoms. The maximum absolute atomic E-state index is 12.4. The summed E-state index contributed by atoms with van der Waals surface area (Å²) >= 11 is 1.32. The first-order chi connectivity index (χ1) is 12.0. The lowest BCUT2D eigenvalue weighted by molar-refractivity contribution is -0.146. The summed E-state index contributed by atoms with van der Waals surface area (Å²) in [7, 11) is 0. The standard InChI is InChI=1S/C19H21NO4S/c1-13-10-20(11-14(2)24-13)17(21)12-23-19(22)18-16(8-9-25-18)15-6-4-3-5-7-15/h3-9,13-14H,10-12H2,1-2H3. The summed E-state index contributed by atoms with van der Waals surface area (Å²) in [6.07, 6.45) is -0.0178. The first-order valence-electron chi connectivity index (χ1n) is 8.28. The van der Waals surface area contributed by atoms with Crippen LogP contribution in [-0.4, -0.2) is 48.7 Å². The van der Waals surface area contributed by atoms with E-state index in [2.05, 4.69) is 0 Å². The molecule has 3 rings (SSSR count). The average Bonchev–Trinajstić information content (AvgIpc) is 3.09. The van der Waals surface area contributed by atoms with Crippen LogP contribution in [0.3, 0.4) is 0 Å². The van der Waals surface area contributed by atoms with Crippen LogP contribution in [0.15, 0.2) is 41.8 Å². The molecule has 0 radical (unpaired) electrons. The lowest BCUT2D eigenvalue weighted by Crippen LogP contribution is -2.49. The second-order valence-electron chi connectivity index (χ2n) is 6.16. The number of ether oxygens (including phenoxy) is 2. The molecule has 1 aromatic heterocycles. The monoisotopic (exact) mass is 359 g/mol. The summed E-state index contributed by atoms with van der Waals surface area (Å²) in [6, 6.07) is 11.6.